The van der Waals surface area contributed by atoms with E-state index in [2.05, 4.69) is 102 Å². The Morgan fingerprint density at radius 1 is 0.452 bits per heavy atom. The van der Waals surface area contributed by atoms with Crippen molar-refractivity contribution in [3.63, 3.8) is 0 Å². The monoisotopic (exact) mass is 394 g/mol. The van der Waals surface area contributed by atoms with Crippen molar-refractivity contribution in [3.8, 4) is 5.69 Å². The Morgan fingerprint density at radius 3 is 1.97 bits per heavy atom. The lowest BCUT2D eigenvalue weighted by Crippen LogP contribution is -1.93. The van der Waals surface area contributed by atoms with Gasteiger partial charge in [0.1, 0.15) is 0 Å². The van der Waals surface area contributed by atoms with Crippen LogP contribution in [-0.2, 0) is 0 Å². The Balaban J connectivity index is 1.83. The predicted molar refractivity (Wildman–Crippen MR) is 131 cm³/mol. The summed E-state index contributed by atoms with van der Waals surface area (Å²) in [6, 6.07) is 36.8. The van der Waals surface area contributed by atoms with Crippen molar-refractivity contribution in [1.29, 1.82) is 0 Å². The molecule has 7 rings (SSSR count). The Labute approximate surface area is 179 Å². The second-order valence-electron chi connectivity index (χ2n) is 8.02. The Bertz CT molecular complexity index is 1740. The van der Waals surface area contributed by atoms with Gasteiger partial charge in [-0.3, -0.25) is 4.98 Å². The third-order valence-electron chi connectivity index (χ3n) is 6.40. The molecule has 0 saturated carbocycles. The molecule has 0 aliphatic heterocycles. The van der Waals surface area contributed by atoms with Crippen LogP contribution >= 0.6 is 0 Å². The zero-order chi connectivity index (χ0) is 20.4. The minimum absolute atomic E-state index is 1.07. The first-order valence-electron chi connectivity index (χ1n) is 10.6. The topological polar surface area (TPSA) is 17.8 Å². The average molecular weight is 394 g/mol. The number of fused-ring (bicyclic) bond motifs is 10. The number of benzene rings is 5. The molecule has 7 aromatic rings. The highest BCUT2D eigenvalue weighted by Gasteiger charge is 2.18. The molecule has 5 aromatic carbocycles. The SMILES string of the molecule is c1ccc(-n2c3ccccc3c3c4c(ccc32)c2ccccc2c2cccnc24)cc1. The molecule has 0 amide bonds. The van der Waals surface area contributed by atoms with Crippen LogP contribution in [0, 0.1) is 0 Å². The van der Waals surface area contributed by atoms with Crippen LogP contribution in [0.3, 0.4) is 0 Å². The molecule has 0 aliphatic carbocycles. The standard InChI is InChI=1S/C29H18N2/c1-2-9-19(10-3-1)31-25-15-7-6-13-24(25)27-26(31)17-16-22-20-11-4-5-12-21(20)23-14-8-18-30-29(23)28(22)27/h1-18H. The lowest BCUT2D eigenvalue weighted by atomic mass is 9.94. The van der Waals surface area contributed by atoms with E-state index in [0.717, 1.165) is 5.52 Å². The molecule has 2 nitrogen and oxygen atoms in total. The van der Waals surface area contributed by atoms with Crippen molar-refractivity contribution >= 4 is 54.3 Å². The number of para-hydroxylation sites is 2. The van der Waals surface area contributed by atoms with E-state index in [1.165, 1.54) is 54.4 Å². The summed E-state index contributed by atoms with van der Waals surface area (Å²) >= 11 is 0. The van der Waals surface area contributed by atoms with E-state index in [-0.39, 0.29) is 0 Å². The minimum Gasteiger partial charge on any atom is -0.309 e. The normalized spacial score (nSPS) is 11.9. The fraction of sp³-hybridized carbons (Fsp3) is 0. The molecule has 0 fully saturated rings. The molecule has 0 saturated heterocycles. The van der Waals surface area contributed by atoms with E-state index < -0.39 is 0 Å². The maximum atomic E-state index is 4.89. The fourth-order valence-electron chi connectivity index (χ4n) is 5.16. The van der Waals surface area contributed by atoms with Gasteiger partial charge in [-0.1, -0.05) is 72.8 Å². The fourth-order valence-corrected chi connectivity index (χ4v) is 5.16. The van der Waals surface area contributed by atoms with Gasteiger partial charge in [0.05, 0.1) is 16.6 Å². The van der Waals surface area contributed by atoms with Gasteiger partial charge in [0.2, 0.25) is 0 Å². The third kappa shape index (κ3) is 2.19. The summed E-state index contributed by atoms with van der Waals surface area (Å²) in [5.41, 5.74) is 4.67. The van der Waals surface area contributed by atoms with Crippen LogP contribution in [0.25, 0.3) is 59.9 Å². The summed E-state index contributed by atoms with van der Waals surface area (Å²) in [4.78, 5) is 4.89. The van der Waals surface area contributed by atoms with Gasteiger partial charge < -0.3 is 4.57 Å². The molecule has 0 aliphatic rings. The maximum Gasteiger partial charge on any atom is 0.0793 e. The van der Waals surface area contributed by atoms with Crippen LogP contribution in [0.4, 0.5) is 0 Å². The maximum absolute atomic E-state index is 4.89. The van der Waals surface area contributed by atoms with Crippen molar-refractivity contribution in [3.05, 3.63) is 109 Å². The van der Waals surface area contributed by atoms with Crippen LogP contribution in [-0.4, -0.2) is 9.55 Å². The van der Waals surface area contributed by atoms with Crippen molar-refractivity contribution in [2.75, 3.05) is 0 Å². The Morgan fingerprint density at radius 2 is 1.13 bits per heavy atom. The zero-order valence-electron chi connectivity index (χ0n) is 16.8. The minimum atomic E-state index is 1.07. The smallest absolute Gasteiger partial charge is 0.0793 e. The van der Waals surface area contributed by atoms with Crippen LogP contribution < -0.4 is 0 Å². The number of hydrogen-bond donors (Lipinski definition) is 0. The summed E-state index contributed by atoms with van der Waals surface area (Å²) in [6.45, 7) is 0. The Kier molecular flexibility index (Phi) is 3.30. The molecule has 0 radical (unpaired) electrons. The van der Waals surface area contributed by atoms with Crippen LogP contribution in [0.15, 0.2) is 109 Å². The van der Waals surface area contributed by atoms with Gasteiger partial charge in [-0.05, 0) is 46.5 Å². The summed E-state index contributed by atoms with van der Waals surface area (Å²) in [6.07, 6.45) is 1.91. The third-order valence-corrected chi connectivity index (χ3v) is 6.40. The number of hydrogen-bond acceptors (Lipinski definition) is 1. The lowest BCUT2D eigenvalue weighted by molar-refractivity contribution is 1.18. The lowest BCUT2D eigenvalue weighted by Gasteiger charge is -2.12. The van der Waals surface area contributed by atoms with E-state index in [9.17, 15) is 0 Å². The molecule has 2 aromatic heterocycles. The quantitative estimate of drug-likeness (QED) is 0.262. The molecular weight excluding hydrogens is 376 g/mol. The van der Waals surface area contributed by atoms with Crippen LogP contribution in [0.2, 0.25) is 0 Å². The van der Waals surface area contributed by atoms with Crippen molar-refractivity contribution in [2.24, 2.45) is 0 Å². The zero-order valence-corrected chi connectivity index (χ0v) is 16.8. The van der Waals surface area contributed by atoms with Gasteiger partial charge in [-0.25, -0.2) is 0 Å². The molecule has 0 bridgehead atoms. The number of rotatable bonds is 1. The van der Waals surface area contributed by atoms with Gasteiger partial charge in [0.15, 0.2) is 0 Å². The number of nitrogens with zero attached hydrogens (tertiary/aromatic N) is 2. The molecule has 2 heterocycles. The number of pyridine rings is 1. The molecule has 0 spiro atoms. The highest BCUT2D eigenvalue weighted by Crippen LogP contribution is 2.42. The van der Waals surface area contributed by atoms with Gasteiger partial charge in [-0.15, -0.1) is 0 Å². The van der Waals surface area contributed by atoms with Crippen molar-refractivity contribution in [2.45, 2.75) is 0 Å². The van der Waals surface area contributed by atoms with Crippen molar-refractivity contribution in [1.82, 2.24) is 9.55 Å². The Hall–Kier alpha value is -4.17. The summed E-state index contributed by atoms with van der Waals surface area (Å²) in [5, 5.41) is 8.75. The largest absolute Gasteiger partial charge is 0.309 e. The van der Waals surface area contributed by atoms with E-state index >= 15 is 0 Å². The molecule has 31 heavy (non-hydrogen) atoms. The van der Waals surface area contributed by atoms with E-state index in [4.69, 9.17) is 4.98 Å². The second kappa shape index (κ2) is 6.16. The van der Waals surface area contributed by atoms with Gasteiger partial charge >= 0.3 is 0 Å². The highest BCUT2D eigenvalue weighted by molar-refractivity contribution is 6.34. The molecule has 144 valence electrons. The molecule has 2 heteroatoms. The predicted octanol–water partition coefficient (Wildman–Crippen LogP) is 7.64. The molecule has 0 atom stereocenters. The number of aromatic nitrogens is 2. The average Bonchev–Trinajstić information content (AvgIpc) is 3.19. The van der Waals surface area contributed by atoms with E-state index in [1.807, 2.05) is 12.3 Å². The first kappa shape index (κ1) is 16.6. The van der Waals surface area contributed by atoms with Gasteiger partial charge in [-0.2, -0.15) is 0 Å². The van der Waals surface area contributed by atoms with Crippen LogP contribution in [0.1, 0.15) is 0 Å². The van der Waals surface area contributed by atoms with E-state index in [1.54, 1.807) is 0 Å². The molecule has 0 N–H and O–H groups in total. The molecular formula is C29H18N2. The second-order valence-corrected chi connectivity index (χ2v) is 8.02. The summed E-state index contributed by atoms with van der Waals surface area (Å²) < 4.78 is 2.37. The van der Waals surface area contributed by atoms with Crippen molar-refractivity contribution < 1.29 is 0 Å². The molecule has 0 unspecified atom stereocenters. The summed E-state index contributed by atoms with van der Waals surface area (Å²) in [7, 11) is 0. The van der Waals surface area contributed by atoms with Crippen LogP contribution in [0.5, 0.6) is 0 Å². The summed E-state index contributed by atoms with van der Waals surface area (Å²) in [5.74, 6) is 0. The van der Waals surface area contributed by atoms with E-state index in [0.29, 0.717) is 0 Å². The van der Waals surface area contributed by atoms with Gasteiger partial charge in [0, 0.05) is 33.4 Å². The van der Waals surface area contributed by atoms with Gasteiger partial charge in [0.25, 0.3) is 0 Å². The first-order valence-corrected chi connectivity index (χ1v) is 10.6. The first-order chi connectivity index (χ1) is 15.4. The highest BCUT2D eigenvalue weighted by atomic mass is 15.0.